The maximum atomic E-state index is 13.3. The standard InChI is InChI=1S/C40H49N5O7/c1-26(46)38(2,3)24-39(4,5)36(49)44-37-42-34-33(35(48)43-37)41-25-45(34)22-21-30(47)23-52-40(27-11-9-8-10-12-27,28-13-17-31(50-6)18-14-28)29-15-19-32(51-7)20-16-29/h8-15,17-19,25,30,47H,16,20-24H2,1-7H3,(H2,42,43,44,48,49). The minimum absolute atomic E-state index is 0.00719. The number of allylic oxidation sites excluding steroid dienone is 3. The number of hydrogen-bond acceptors (Lipinski definition) is 9. The van der Waals surface area contributed by atoms with Crippen LogP contribution in [0.1, 0.15) is 71.4 Å². The van der Waals surface area contributed by atoms with Crippen LogP contribution in [0.3, 0.4) is 0 Å². The third-order valence-corrected chi connectivity index (χ3v) is 9.86. The summed E-state index contributed by atoms with van der Waals surface area (Å²) >= 11 is 0. The van der Waals surface area contributed by atoms with Crippen molar-refractivity contribution in [2.24, 2.45) is 10.8 Å². The highest BCUT2D eigenvalue weighted by molar-refractivity contribution is 5.94. The van der Waals surface area contributed by atoms with E-state index in [4.69, 9.17) is 14.2 Å². The molecule has 0 saturated heterocycles. The van der Waals surface area contributed by atoms with Crippen molar-refractivity contribution in [3.05, 3.63) is 106 Å². The van der Waals surface area contributed by atoms with Gasteiger partial charge in [0.25, 0.3) is 5.56 Å². The Bertz CT molecular complexity index is 2010. The molecule has 2 unspecified atom stereocenters. The molecule has 0 saturated carbocycles. The Kier molecular flexibility index (Phi) is 11.5. The van der Waals surface area contributed by atoms with E-state index < -0.39 is 28.1 Å². The van der Waals surface area contributed by atoms with Gasteiger partial charge in [0.15, 0.2) is 11.2 Å². The summed E-state index contributed by atoms with van der Waals surface area (Å²) in [6.45, 7) is 8.87. The number of methoxy groups -OCH3 is 2. The number of nitrogens with one attached hydrogen (secondary N) is 2. The molecule has 1 aliphatic carbocycles. The van der Waals surface area contributed by atoms with Crippen LogP contribution in [0, 0.1) is 10.8 Å². The summed E-state index contributed by atoms with van der Waals surface area (Å²) in [5.41, 5.74) is 0.0354. The Labute approximate surface area is 303 Å². The Morgan fingerprint density at radius 3 is 2.27 bits per heavy atom. The molecule has 1 amide bonds. The maximum absolute atomic E-state index is 13.3. The molecule has 12 heteroatoms. The van der Waals surface area contributed by atoms with Crippen LogP contribution in [0.4, 0.5) is 5.95 Å². The number of ketones is 1. The molecule has 2 aromatic carbocycles. The van der Waals surface area contributed by atoms with E-state index in [0.29, 0.717) is 25.0 Å². The van der Waals surface area contributed by atoms with Gasteiger partial charge in [0.05, 0.1) is 39.0 Å². The zero-order chi connectivity index (χ0) is 37.7. The lowest BCUT2D eigenvalue weighted by Crippen LogP contribution is -2.38. The third kappa shape index (κ3) is 8.18. The van der Waals surface area contributed by atoms with Gasteiger partial charge in [-0.05, 0) is 61.1 Å². The van der Waals surface area contributed by atoms with Gasteiger partial charge >= 0.3 is 0 Å². The monoisotopic (exact) mass is 711 g/mol. The number of aromatic nitrogens is 4. The summed E-state index contributed by atoms with van der Waals surface area (Å²) in [6, 6.07) is 17.7. The van der Waals surface area contributed by atoms with Gasteiger partial charge in [-0.1, -0.05) is 76.2 Å². The van der Waals surface area contributed by atoms with Crippen LogP contribution in [0.15, 0.2) is 89.2 Å². The summed E-state index contributed by atoms with van der Waals surface area (Å²) in [5, 5.41) is 14.1. The maximum Gasteiger partial charge on any atom is 0.280 e. The molecule has 0 bridgehead atoms. The SMILES string of the molecule is COC1=CC=C(C(OCC(O)CCn2cnc3c(=O)[nH]c(NC(=O)C(C)(C)CC(C)(C)C(C)=O)nc32)(c2ccccc2)c2ccc(OC)cc2)CC1. The predicted molar refractivity (Wildman–Crippen MR) is 199 cm³/mol. The highest BCUT2D eigenvalue weighted by atomic mass is 16.5. The number of aliphatic hydroxyl groups is 1. The number of imidazole rings is 1. The molecule has 0 radical (unpaired) electrons. The van der Waals surface area contributed by atoms with E-state index in [1.807, 2.05) is 66.7 Å². The smallest absolute Gasteiger partial charge is 0.280 e. The number of Topliss-reactive ketones (excluding diaryl/α,β-unsaturated/α-hetero) is 1. The van der Waals surface area contributed by atoms with Gasteiger partial charge in [0.2, 0.25) is 11.9 Å². The summed E-state index contributed by atoms with van der Waals surface area (Å²) in [6.07, 6.45) is 6.53. The highest BCUT2D eigenvalue weighted by Gasteiger charge is 2.41. The van der Waals surface area contributed by atoms with E-state index in [1.54, 1.807) is 46.5 Å². The fourth-order valence-corrected chi connectivity index (χ4v) is 6.73. The van der Waals surface area contributed by atoms with Crippen molar-refractivity contribution in [3.63, 3.8) is 0 Å². The lowest BCUT2D eigenvalue weighted by molar-refractivity contribution is -0.130. The number of carbonyl (C=O) groups is 2. The van der Waals surface area contributed by atoms with Gasteiger partial charge in [-0.15, -0.1) is 0 Å². The first kappa shape index (κ1) is 38.2. The number of H-pyrrole nitrogens is 1. The van der Waals surface area contributed by atoms with Crippen molar-refractivity contribution in [1.82, 2.24) is 19.5 Å². The van der Waals surface area contributed by atoms with Gasteiger partial charge in [-0.25, -0.2) is 4.98 Å². The fraction of sp³-hybridized carbons (Fsp3) is 0.425. The van der Waals surface area contributed by atoms with Gasteiger partial charge in [0, 0.05) is 23.8 Å². The zero-order valence-corrected chi connectivity index (χ0v) is 31.0. The quantitative estimate of drug-likeness (QED) is 0.126. The van der Waals surface area contributed by atoms with Crippen molar-refractivity contribution in [2.75, 3.05) is 26.1 Å². The predicted octanol–water partition coefficient (Wildman–Crippen LogP) is 6.06. The molecular formula is C40H49N5O7. The third-order valence-electron chi connectivity index (χ3n) is 9.86. The molecule has 0 fully saturated rings. The normalized spacial score (nSPS) is 15.3. The van der Waals surface area contributed by atoms with Crippen molar-refractivity contribution in [3.8, 4) is 5.75 Å². The lowest BCUT2D eigenvalue weighted by Gasteiger charge is -2.39. The van der Waals surface area contributed by atoms with Gasteiger partial charge in [0.1, 0.15) is 17.1 Å². The topological polar surface area (TPSA) is 158 Å². The fourth-order valence-electron chi connectivity index (χ4n) is 6.73. The molecule has 52 heavy (non-hydrogen) atoms. The average molecular weight is 712 g/mol. The lowest BCUT2D eigenvalue weighted by atomic mass is 9.72. The summed E-state index contributed by atoms with van der Waals surface area (Å²) < 4.78 is 19.5. The minimum atomic E-state index is -1.01. The molecule has 0 aliphatic heterocycles. The second-order valence-electron chi connectivity index (χ2n) is 14.5. The first-order valence-corrected chi connectivity index (χ1v) is 17.4. The van der Waals surface area contributed by atoms with Gasteiger partial charge < -0.3 is 23.9 Å². The molecular weight excluding hydrogens is 662 g/mol. The van der Waals surface area contributed by atoms with Crippen LogP contribution < -0.4 is 15.6 Å². The number of aryl methyl sites for hydroxylation is 1. The van der Waals surface area contributed by atoms with Crippen LogP contribution in [0.25, 0.3) is 11.2 Å². The van der Waals surface area contributed by atoms with E-state index in [0.717, 1.165) is 22.5 Å². The largest absolute Gasteiger partial charge is 0.501 e. The number of amides is 1. The van der Waals surface area contributed by atoms with Crippen LogP contribution in [-0.2, 0) is 31.2 Å². The minimum Gasteiger partial charge on any atom is -0.501 e. The first-order valence-electron chi connectivity index (χ1n) is 17.4. The molecule has 0 spiro atoms. The van der Waals surface area contributed by atoms with Crippen molar-refractivity contribution in [1.29, 1.82) is 0 Å². The number of hydrogen-bond donors (Lipinski definition) is 3. The van der Waals surface area contributed by atoms with E-state index in [2.05, 4.69) is 20.3 Å². The highest BCUT2D eigenvalue weighted by Crippen LogP contribution is 2.45. The number of rotatable bonds is 16. The number of aromatic amines is 1. The number of benzene rings is 2. The molecule has 2 aromatic heterocycles. The van der Waals surface area contributed by atoms with E-state index >= 15 is 0 Å². The second-order valence-corrected chi connectivity index (χ2v) is 14.5. The summed E-state index contributed by atoms with van der Waals surface area (Å²) in [4.78, 5) is 49.7. The number of ether oxygens (including phenoxy) is 3. The molecule has 1 aliphatic rings. The Morgan fingerprint density at radius 1 is 0.962 bits per heavy atom. The van der Waals surface area contributed by atoms with Crippen molar-refractivity contribution >= 4 is 28.8 Å². The number of carbonyl (C=O) groups excluding carboxylic acids is 2. The molecule has 3 N–H and O–H groups in total. The van der Waals surface area contributed by atoms with E-state index in [9.17, 15) is 19.5 Å². The molecule has 276 valence electrons. The van der Waals surface area contributed by atoms with Gasteiger partial charge in [-0.3, -0.25) is 24.7 Å². The average Bonchev–Trinajstić information content (AvgIpc) is 3.54. The molecule has 2 atom stereocenters. The van der Waals surface area contributed by atoms with E-state index in [-0.39, 0.29) is 48.4 Å². The van der Waals surface area contributed by atoms with Crippen molar-refractivity contribution in [2.45, 2.75) is 78.6 Å². The van der Waals surface area contributed by atoms with Crippen LogP contribution in [-0.4, -0.2) is 63.2 Å². The molecule has 5 rings (SSSR count). The van der Waals surface area contributed by atoms with E-state index in [1.165, 1.54) is 13.3 Å². The number of fused-ring (bicyclic) bond motifs is 1. The van der Waals surface area contributed by atoms with Crippen LogP contribution in [0.2, 0.25) is 0 Å². The van der Waals surface area contributed by atoms with Crippen molar-refractivity contribution < 1.29 is 28.9 Å². The van der Waals surface area contributed by atoms with Crippen LogP contribution >= 0.6 is 0 Å². The van der Waals surface area contributed by atoms with Crippen LogP contribution in [0.5, 0.6) is 5.75 Å². The molecule has 12 nitrogen and oxygen atoms in total. The Morgan fingerprint density at radius 2 is 1.65 bits per heavy atom. The molecule has 2 heterocycles. The summed E-state index contributed by atoms with van der Waals surface area (Å²) in [5.74, 6) is 1.16. The number of anilines is 1. The molecule has 4 aromatic rings. The zero-order valence-electron chi connectivity index (χ0n) is 31.0. The Balaban J connectivity index is 1.37. The number of aliphatic hydroxyl groups excluding tert-OH is 1. The second kappa shape index (κ2) is 15.7. The van der Waals surface area contributed by atoms with Gasteiger partial charge in [-0.2, -0.15) is 4.98 Å². The first-order chi connectivity index (χ1) is 24.7. The Hall–Kier alpha value is -5.07. The summed E-state index contributed by atoms with van der Waals surface area (Å²) in [7, 11) is 3.29. The number of nitrogens with zero attached hydrogens (tertiary/aromatic N) is 3.